The van der Waals surface area contributed by atoms with Crippen LogP contribution in [0.4, 0.5) is 11.6 Å². The Kier molecular flexibility index (Phi) is 4.26. The van der Waals surface area contributed by atoms with Gasteiger partial charge in [-0.15, -0.1) is 0 Å². The lowest BCUT2D eigenvalue weighted by atomic mass is 10.5. The zero-order valence-electron chi connectivity index (χ0n) is 9.53. The van der Waals surface area contributed by atoms with E-state index in [0.29, 0.717) is 12.4 Å². The third-order valence-corrected chi connectivity index (χ3v) is 1.64. The van der Waals surface area contributed by atoms with E-state index in [9.17, 15) is 0 Å². The van der Waals surface area contributed by atoms with Gasteiger partial charge in [-0.25, -0.2) is 15.0 Å². The molecule has 84 valence electrons. The van der Waals surface area contributed by atoms with Gasteiger partial charge in [0, 0.05) is 34.3 Å². The number of aromatic nitrogens is 2. The highest BCUT2D eigenvalue weighted by Gasteiger charge is 2.03. The molecule has 0 aromatic carbocycles. The minimum Gasteiger partial charge on any atom is -0.377 e. The number of rotatable bonds is 5. The van der Waals surface area contributed by atoms with Gasteiger partial charge in [0.2, 0.25) is 0 Å². The predicted octanol–water partition coefficient (Wildman–Crippen LogP) is 0.553. The van der Waals surface area contributed by atoms with Crippen molar-refractivity contribution >= 4 is 11.6 Å². The molecule has 1 aromatic heterocycles. The van der Waals surface area contributed by atoms with Gasteiger partial charge in [0.1, 0.15) is 18.2 Å². The van der Waals surface area contributed by atoms with Crippen molar-refractivity contribution in [2.45, 2.75) is 6.61 Å². The van der Waals surface area contributed by atoms with Gasteiger partial charge in [0.05, 0.1) is 0 Å². The predicted molar refractivity (Wildman–Crippen MR) is 59.6 cm³/mol. The van der Waals surface area contributed by atoms with Gasteiger partial charge < -0.3 is 15.5 Å². The van der Waals surface area contributed by atoms with Gasteiger partial charge in [0.25, 0.3) is 0 Å². The van der Waals surface area contributed by atoms with Crippen LogP contribution in [0.15, 0.2) is 6.07 Å². The van der Waals surface area contributed by atoms with Crippen molar-refractivity contribution in [1.82, 2.24) is 15.0 Å². The molecular formula is C9H17N5O. The molecule has 0 unspecified atom stereocenters. The summed E-state index contributed by atoms with van der Waals surface area (Å²) in [4.78, 5) is 8.53. The van der Waals surface area contributed by atoms with Crippen molar-refractivity contribution < 1.29 is 4.74 Å². The maximum atomic E-state index is 4.99. The molecule has 15 heavy (non-hydrogen) atoms. The van der Waals surface area contributed by atoms with Crippen LogP contribution in [0.2, 0.25) is 0 Å². The monoisotopic (exact) mass is 211 g/mol. The second kappa shape index (κ2) is 5.47. The van der Waals surface area contributed by atoms with E-state index < -0.39 is 0 Å². The summed E-state index contributed by atoms with van der Waals surface area (Å²) in [6.07, 6.45) is 0. The first-order valence-electron chi connectivity index (χ1n) is 4.64. The standard InChI is InChI=1S/C9H17N5O/c1-10-7-5-8(13-14(2)3)12-9(11-7)6-15-4/h5H,6H2,1-4H3,(H2,10,11,12,13). The van der Waals surface area contributed by atoms with Gasteiger partial charge in [0.15, 0.2) is 5.82 Å². The summed E-state index contributed by atoms with van der Waals surface area (Å²) in [7, 11) is 7.24. The fraction of sp³-hybridized carbons (Fsp3) is 0.556. The average molecular weight is 211 g/mol. The minimum absolute atomic E-state index is 0.400. The first-order chi connectivity index (χ1) is 7.15. The number of methoxy groups -OCH3 is 1. The van der Waals surface area contributed by atoms with Crippen LogP contribution in [0, 0.1) is 0 Å². The van der Waals surface area contributed by atoms with Crippen LogP contribution < -0.4 is 10.7 Å². The third-order valence-electron chi connectivity index (χ3n) is 1.64. The van der Waals surface area contributed by atoms with Crippen LogP contribution >= 0.6 is 0 Å². The normalized spacial score (nSPS) is 10.5. The van der Waals surface area contributed by atoms with E-state index >= 15 is 0 Å². The summed E-state index contributed by atoms with van der Waals surface area (Å²) in [6.45, 7) is 0.400. The number of ether oxygens (including phenoxy) is 1. The fourth-order valence-corrected chi connectivity index (χ4v) is 1.11. The van der Waals surface area contributed by atoms with Crippen LogP contribution in [-0.4, -0.2) is 43.2 Å². The summed E-state index contributed by atoms with van der Waals surface area (Å²) >= 11 is 0. The Morgan fingerprint density at radius 3 is 2.53 bits per heavy atom. The number of nitrogens with zero attached hydrogens (tertiary/aromatic N) is 3. The minimum atomic E-state index is 0.400. The molecule has 0 saturated heterocycles. The summed E-state index contributed by atoms with van der Waals surface area (Å²) in [5.74, 6) is 2.15. The summed E-state index contributed by atoms with van der Waals surface area (Å²) < 4.78 is 4.99. The maximum Gasteiger partial charge on any atom is 0.158 e. The maximum absolute atomic E-state index is 4.99. The Morgan fingerprint density at radius 1 is 1.33 bits per heavy atom. The number of hydrazine groups is 1. The van der Waals surface area contributed by atoms with E-state index in [-0.39, 0.29) is 0 Å². The van der Waals surface area contributed by atoms with Crippen LogP contribution in [0.3, 0.4) is 0 Å². The highest BCUT2D eigenvalue weighted by Crippen LogP contribution is 2.11. The zero-order valence-corrected chi connectivity index (χ0v) is 9.53. The van der Waals surface area contributed by atoms with Gasteiger partial charge in [-0.05, 0) is 0 Å². The lowest BCUT2D eigenvalue weighted by molar-refractivity contribution is 0.178. The van der Waals surface area contributed by atoms with Crippen molar-refractivity contribution in [1.29, 1.82) is 0 Å². The molecule has 0 aliphatic carbocycles. The number of hydrogen-bond donors (Lipinski definition) is 2. The molecule has 0 aliphatic heterocycles. The Labute approximate surface area is 89.6 Å². The van der Waals surface area contributed by atoms with Crippen LogP contribution in [0.5, 0.6) is 0 Å². The second-order valence-corrected chi connectivity index (χ2v) is 3.24. The van der Waals surface area contributed by atoms with Crippen LogP contribution in [-0.2, 0) is 11.3 Å². The van der Waals surface area contributed by atoms with Gasteiger partial charge in [-0.2, -0.15) is 0 Å². The Balaban J connectivity index is 2.89. The molecule has 0 amide bonds. The van der Waals surface area contributed by atoms with Crippen molar-refractivity contribution in [3.8, 4) is 0 Å². The summed E-state index contributed by atoms with van der Waals surface area (Å²) in [5.41, 5.74) is 3.06. The van der Waals surface area contributed by atoms with E-state index in [0.717, 1.165) is 11.6 Å². The Bertz CT molecular complexity index is 315. The second-order valence-electron chi connectivity index (χ2n) is 3.24. The van der Waals surface area contributed by atoms with Crippen LogP contribution in [0.1, 0.15) is 5.82 Å². The zero-order chi connectivity index (χ0) is 11.3. The van der Waals surface area contributed by atoms with Gasteiger partial charge in [-0.3, -0.25) is 0 Å². The largest absolute Gasteiger partial charge is 0.377 e. The number of anilines is 2. The Hall–Kier alpha value is -1.40. The molecule has 6 heteroatoms. The summed E-state index contributed by atoms with van der Waals surface area (Å²) in [5, 5.41) is 4.79. The molecule has 0 aliphatic rings. The lowest BCUT2D eigenvalue weighted by Gasteiger charge is -2.14. The number of nitrogens with one attached hydrogen (secondary N) is 2. The summed E-state index contributed by atoms with van der Waals surface area (Å²) in [6, 6.07) is 1.83. The molecule has 0 bridgehead atoms. The molecule has 6 nitrogen and oxygen atoms in total. The molecule has 0 atom stereocenters. The topological polar surface area (TPSA) is 62.3 Å². The van der Waals surface area contributed by atoms with Crippen molar-refractivity contribution in [2.75, 3.05) is 39.0 Å². The van der Waals surface area contributed by atoms with Gasteiger partial charge in [-0.1, -0.05) is 0 Å². The van der Waals surface area contributed by atoms with E-state index in [1.54, 1.807) is 7.11 Å². The molecule has 2 N–H and O–H groups in total. The van der Waals surface area contributed by atoms with Crippen molar-refractivity contribution in [2.24, 2.45) is 0 Å². The first kappa shape index (κ1) is 11.7. The van der Waals surface area contributed by atoms with Crippen molar-refractivity contribution in [3.05, 3.63) is 11.9 Å². The van der Waals surface area contributed by atoms with E-state index in [1.807, 2.05) is 32.2 Å². The highest BCUT2D eigenvalue weighted by atomic mass is 16.5. The average Bonchev–Trinajstić information content (AvgIpc) is 2.16. The smallest absolute Gasteiger partial charge is 0.158 e. The fourth-order valence-electron chi connectivity index (χ4n) is 1.11. The molecule has 0 fully saturated rings. The van der Waals surface area contributed by atoms with E-state index in [2.05, 4.69) is 20.7 Å². The molecule has 0 radical (unpaired) electrons. The molecule has 1 rings (SSSR count). The van der Waals surface area contributed by atoms with Gasteiger partial charge >= 0.3 is 0 Å². The highest BCUT2D eigenvalue weighted by molar-refractivity contribution is 5.46. The van der Waals surface area contributed by atoms with Crippen LogP contribution in [0.25, 0.3) is 0 Å². The molecule has 0 saturated carbocycles. The van der Waals surface area contributed by atoms with Crippen molar-refractivity contribution in [3.63, 3.8) is 0 Å². The molecule has 1 aromatic rings. The quantitative estimate of drug-likeness (QED) is 0.694. The Morgan fingerprint density at radius 2 is 2.00 bits per heavy atom. The molecule has 0 spiro atoms. The lowest BCUT2D eigenvalue weighted by Crippen LogP contribution is -2.21. The first-order valence-corrected chi connectivity index (χ1v) is 4.64. The third kappa shape index (κ3) is 3.69. The SMILES string of the molecule is CNc1cc(NN(C)C)nc(COC)n1. The number of hydrogen-bond acceptors (Lipinski definition) is 6. The molecule has 1 heterocycles. The molecular weight excluding hydrogens is 194 g/mol. The van der Waals surface area contributed by atoms with E-state index in [4.69, 9.17) is 4.74 Å². The van der Waals surface area contributed by atoms with E-state index in [1.165, 1.54) is 0 Å².